The van der Waals surface area contributed by atoms with E-state index in [-0.39, 0.29) is 12.4 Å². The smallest absolute Gasteiger partial charge is 0.338 e. The van der Waals surface area contributed by atoms with Crippen LogP contribution >= 0.6 is 0 Å². The molecule has 98 valence electrons. The lowest BCUT2D eigenvalue weighted by Crippen LogP contribution is -2.06. The highest BCUT2D eigenvalue weighted by molar-refractivity contribution is 5.89. The lowest BCUT2D eigenvalue weighted by molar-refractivity contribution is 0.0472. The summed E-state index contributed by atoms with van der Waals surface area (Å²) >= 11 is 0. The minimum absolute atomic E-state index is 0.179. The minimum atomic E-state index is -0.433. The van der Waals surface area contributed by atoms with E-state index in [0.717, 1.165) is 11.3 Å². The minimum Gasteiger partial charge on any atom is -0.497 e. The Balaban J connectivity index is 2.00. The van der Waals surface area contributed by atoms with Crippen molar-refractivity contribution < 1.29 is 14.3 Å². The fourth-order valence-electron chi connectivity index (χ4n) is 1.57. The Morgan fingerprint density at radius 2 is 2.16 bits per heavy atom. The first-order valence-electron chi connectivity index (χ1n) is 5.70. The average molecular weight is 258 g/mol. The topological polar surface area (TPSA) is 74.4 Å². The zero-order chi connectivity index (χ0) is 13.7. The molecule has 0 unspecified atom stereocenters. The van der Waals surface area contributed by atoms with Crippen LogP contribution in [-0.4, -0.2) is 18.1 Å². The van der Waals surface area contributed by atoms with Crippen LogP contribution in [0.25, 0.3) is 0 Å². The van der Waals surface area contributed by atoms with E-state index in [4.69, 9.17) is 15.2 Å². The second-order valence-corrected chi connectivity index (χ2v) is 3.90. The summed E-state index contributed by atoms with van der Waals surface area (Å²) in [4.78, 5) is 15.6. The molecule has 0 aliphatic heterocycles. The molecule has 0 saturated carbocycles. The second-order valence-electron chi connectivity index (χ2n) is 3.90. The predicted octanol–water partition coefficient (Wildman–Crippen LogP) is 2.03. The predicted molar refractivity (Wildman–Crippen MR) is 70.8 cm³/mol. The normalized spacial score (nSPS) is 9.95. The molecule has 0 radical (unpaired) electrons. The van der Waals surface area contributed by atoms with Gasteiger partial charge in [-0.1, -0.05) is 12.1 Å². The lowest BCUT2D eigenvalue weighted by Gasteiger charge is -2.06. The number of methoxy groups -OCH3 is 1. The third-order valence-corrected chi connectivity index (χ3v) is 2.52. The molecule has 2 aromatic rings. The fourth-order valence-corrected chi connectivity index (χ4v) is 1.57. The Hall–Kier alpha value is -2.56. The summed E-state index contributed by atoms with van der Waals surface area (Å²) in [5.74, 6) is 0.578. The summed E-state index contributed by atoms with van der Waals surface area (Å²) in [6.45, 7) is 0.179. The molecule has 0 amide bonds. The Bertz CT molecular complexity index is 584. The number of benzene rings is 1. The van der Waals surface area contributed by atoms with Crippen LogP contribution in [0.2, 0.25) is 0 Å². The highest BCUT2D eigenvalue weighted by Gasteiger charge is 2.08. The molecule has 19 heavy (non-hydrogen) atoms. The highest BCUT2D eigenvalue weighted by Crippen LogP contribution is 2.14. The summed E-state index contributed by atoms with van der Waals surface area (Å²) in [5, 5.41) is 0. The Morgan fingerprint density at radius 3 is 2.89 bits per heavy atom. The number of anilines is 1. The van der Waals surface area contributed by atoms with Crippen LogP contribution in [0.1, 0.15) is 15.9 Å². The van der Waals surface area contributed by atoms with Gasteiger partial charge < -0.3 is 15.2 Å². The summed E-state index contributed by atoms with van der Waals surface area (Å²) in [5.41, 5.74) is 6.75. The molecule has 2 N–H and O–H groups in total. The zero-order valence-electron chi connectivity index (χ0n) is 10.5. The number of hydrogen-bond acceptors (Lipinski definition) is 5. The maximum Gasteiger partial charge on any atom is 0.338 e. The first-order chi connectivity index (χ1) is 9.19. The molecule has 0 aliphatic rings. The van der Waals surface area contributed by atoms with Crippen LogP contribution in [0.5, 0.6) is 5.75 Å². The second kappa shape index (κ2) is 5.86. The Labute approximate surface area is 111 Å². The quantitative estimate of drug-likeness (QED) is 0.849. The van der Waals surface area contributed by atoms with Gasteiger partial charge in [-0.05, 0) is 29.8 Å². The van der Waals surface area contributed by atoms with Crippen molar-refractivity contribution in [2.75, 3.05) is 12.8 Å². The van der Waals surface area contributed by atoms with Gasteiger partial charge in [-0.2, -0.15) is 0 Å². The van der Waals surface area contributed by atoms with Gasteiger partial charge >= 0.3 is 5.97 Å². The van der Waals surface area contributed by atoms with Crippen molar-refractivity contribution in [3.05, 3.63) is 53.7 Å². The number of esters is 1. The van der Waals surface area contributed by atoms with E-state index in [1.807, 2.05) is 24.3 Å². The number of rotatable bonds is 4. The third-order valence-electron chi connectivity index (χ3n) is 2.52. The van der Waals surface area contributed by atoms with E-state index in [1.54, 1.807) is 13.2 Å². The summed E-state index contributed by atoms with van der Waals surface area (Å²) in [7, 11) is 1.59. The SMILES string of the molecule is COc1cccc(COC(=O)c2ccnc(N)c2)c1. The van der Waals surface area contributed by atoms with Crippen molar-refractivity contribution in [2.45, 2.75) is 6.61 Å². The average Bonchev–Trinajstić information content (AvgIpc) is 2.45. The molecule has 0 aliphatic carbocycles. The van der Waals surface area contributed by atoms with Gasteiger partial charge in [0, 0.05) is 6.20 Å². The van der Waals surface area contributed by atoms with E-state index in [9.17, 15) is 4.79 Å². The molecule has 0 fully saturated rings. The maximum atomic E-state index is 11.8. The number of hydrogen-bond donors (Lipinski definition) is 1. The van der Waals surface area contributed by atoms with Crippen molar-refractivity contribution in [1.29, 1.82) is 0 Å². The number of nitrogen functional groups attached to an aromatic ring is 1. The Morgan fingerprint density at radius 1 is 1.32 bits per heavy atom. The number of pyridine rings is 1. The number of nitrogens with two attached hydrogens (primary N) is 1. The van der Waals surface area contributed by atoms with E-state index >= 15 is 0 Å². The monoisotopic (exact) mass is 258 g/mol. The molecule has 5 heteroatoms. The van der Waals surface area contributed by atoms with Crippen LogP contribution in [-0.2, 0) is 11.3 Å². The maximum absolute atomic E-state index is 11.8. The Kier molecular flexibility index (Phi) is 3.97. The van der Waals surface area contributed by atoms with Gasteiger partial charge in [0.2, 0.25) is 0 Å². The van der Waals surface area contributed by atoms with Crippen LogP contribution < -0.4 is 10.5 Å². The molecule has 1 heterocycles. The molecule has 0 saturated heterocycles. The zero-order valence-corrected chi connectivity index (χ0v) is 10.5. The summed E-state index contributed by atoms with van der Waals surface area (Å²) in [6, 6.07) is 10.4. The number of nitrogens with zero attached hydrogens (tertiary/aromatic N) is 1. The van der Waals surface area contributed by atoms with E-state index in [1.165, 1.54) is 12.3 Å². The van der Waals surface area contributed by atoms with E-state index in [0.29, 0.717) is 5.56 Å². The molecule has 1 aromatic carbocycles. The molecular weight excluding hydrogens is 244 g/mol. The van der Waals surface area contributed by atoms with Gasteiger partial charge in [0.15, 0.2) is 0 Å². The largest absolute Gasteiger partial charge is 0.497 e. The molecule has 2 rings (SSSR count). The first-order valence-corrected chi connectivity index (χ1v) is 5.70. The van der Waals surface area contributed by atoms with Crippen LogP contribution in [0, 0.1) is 0 Å². The highest BCUT2D eigenvalue weighted by atomic mass is 16.5. The van der Waals surface area contributed by atoms with Crippen molar-refractivity contribution in [3.8, 4) is 5.75 Å². The number of carbonyl (C=O) groups is 1. The third kappa shape index (κ3) is 3.45. The van der Waals surface area contributed by atoms with Crippen LogP contribution in [0.4, 0.5) is 5.82 Å². The van der Waals surface area contributed by atoms with Crippen molar-refractivity contribution >= 4 is 11.8 Å². The summed E-state index contributed by atoms with van der Waals surface area (Å²) < 4.78 is 10.3. The van der Waals surface area contributed by atoms with E-state index < -0.39 is 5.97 Å². The standard InChI is InChI=1S/C14H14N2O3/c1-18-12-4-2-3-10(7-12)9-19-14(17)11-5-6-16-13(15)8-11/h2-8H,9H2,1H3,(H2,15,16). The molecule has 1 aromatic heterocycles. The number of aromatic nitrogens is 1. The van der Waals surface area contributed by atoms with Gasteiger partial charge in [-0.25, -0.2) is 9.78 Å². The van der Waals surface area contributed by atoms with Gasteiger partial charge in [0.05, 0.1) is 12.7 Å². The molecule has 0 spiro atoms. The van der Waals surface area contributed by atoms with Gasteiger partial charge in [0.25, 0.3) is 0 Å². The van der Waals surface area contributed by atoms with Crippen molar-refractivity contribution in [1.82, 2.24) is 4.98 Å². The van der Waals surface area contributed by atoms with Gasteiger partial charge in [-0.3, -0.25) is 0 Å². The summed E-state index contributed by atoms with van der Waals surface area (Å²) in [6.07, 6.45) is 1.47. The van der Waals surface area contributed by atoms with E-state index in [2.05, 4.69) is 4.98 Å². The first kappa shape index (κ1) is 12.9. The van der Waals surface area contributed by atoms with Crippen LogP contribution in [0.3, 0.4) is 0 Å². The molecule has 0 atom stereocenters. The number of ether oxygens (including phenoxy) is 2. The lowest BCUT2D eigenvalue weighted by atomic mass is 10.2. The molecule has 0 bridgehead atoms. The van der Waals surface area contributed by atoms with Crippen LogP contribution in [0.15, 0.2) is 42.6 Å². The van der Waals surface area contributed by atoms with Gasteiger partial charge in [0.1, 0.15) is 18.2 Å². The fraction of sp³-hybridized carbons (Fsp3) is 0.143. The van der Waals surface area contributed by atoms with Crippen molar-refractivity contribution in [2.24, 2.45) is 0 Å². The van der Waals surface area contributed by atoms with Crippen molar-refractivity contribution in [3.63, 3.8) is 0 Å². The molecule has 5 nitrogen and oxygen atoms in total. The van der Waals surface area contributed by atoms with Gasteiger partial charge in [-0.15, -0.1) is 0 Å². The molecular formula is C14H14N2O3. The number of carbonyl (C=O) groups excluding carboxylic acids is 1.